The second kappa shape index (κ2) is 10.4. The highest BCUT2D eigenvalue weighted by molar-refractivity contribution is 7.99. The molecule has 0 saturated carbocycles. The zero-order valence-corrected chi connectivity index (χ0v) is 20.2. The van der Waals surface area contributed by atoms with Crippen LogP contribution in [0.5, 0.6) is 5.75 Å². The number of fused-ring (bicyclic) bond motifs is 1. The summed E-state index contributed by atoms with van der Waals surface area (Å²) in [5.41, 5.74) is 2.66. The number of anilines is 1. The molecule has 0 radical (unpaired) electrons. The number of hydrogen-bond acceptors (Lipinski definition) is 8. The van der Waals surface area contributed by atoms with Gasteiger partial charge in [-0.2, -0.15) is 5.10 Å². The van der Waals surface area contributed by atoms with Crippen LogP contribution in [0.3, 0.4) is 0 Å². The lowest BCUT2D eigenvalue weighted by molar-refractivity contribution is -0.113. The van der Waals surface area contributed by atoms with Crippen molar-refractivity contribution >= 4 is 40.4 Å². The van der Waals surface area contributed by atoms with Crippen LogP contribution in [-0.4, -0.2) is 51.1 Å². The summed E-state index contributed by atoms with van der Waals surface area (Å²) < 4.78 is 12.0. The Kier molecular flexibility index (Phi) is 7.16. The van der Waals surface area contributed by atoms with Gasteiger partial charge in [0.2, 0.25) is 5.91 Å². The fourth-order valence-electron chi connectivity index (χ4n) is 3.49. The summed E-state index contributed by atoms with van der Waals surface area (Å²) in [7, 11) is 1.58. The van der Waals surface area contributed by atoms with Crippen molar-refractivity contribution in [3.05, 3.63) is 65.3 Å². The highest BCUT2D eigenvalue weighted by Gasteiger charge is 2.18. The fourth-order valence-corrected chi connectivity index (χ4v) is 4.30. The number of methoxy groups -OCH3 is 1. The van der Waals surface area contributed by atoms with E-state index in [9.17, 15) is 9.59 Å². The molecule has 11 heteroatoms. The number of thioether (sulfide) groups is 1. The first kappa shape index (κ1) is 24.0. The molecule has 2 aromatic heterocycles. The minimum absolute atomic E-state index is 0.00529. The van der Waals surface area contributed by atoms with Crippen molar-refractivity contribution in [3.8, 4) is 11.4 Å². The standard InChI is InChI=1S/C24H24N6O4S/c1-4-34-23(32)17-7-5-6-8-18(17)26-19(31)13-35-24-27-22-20(14(2)28-29-22)21(25)30(24)15-9-11-16(33-3)12-10-15/h5-12,25H,4,13H2,1-3H3,(H,26,31)(H,28,29). The van der Waals surface area contributed by atoms with Gasteiger partial charge in [-0.25, -0.2) is 9.78 Å². The Labute approximate surface area is 205 Å². The van der Waals surface area contributed by atoms with E-state index in [1.807, 2.05) is 19.1 Å². The lowest BCUT2D eigenvalue weighted by Crippen LogP contribution is -2.23. The Morgan fingerprint density at radius 1 is 1.17 bits per heavy atom. The molecule has 0 atom stereocenters. The first-order chi connectivity index (χ1) is 16.9. The van der Waals surface area contributed by atoms with Crippen molar-refractivity contribution in [1.29, 1.82) is 5.41 Å². The number of rotatable bonds is 8. The maximum Gasteiger partial charge on any atom is 0.340 e. The summed E-state index contributed by atoms with van der Waals surface area (Å²) in [6.45, 7) is 3.78. The van der Waals surface area contributed by atoms with Crippen LogP contribution >= 0.6 is 11.8 Å². The summed E-state index contributed by atoms with van der Waals surface area (Å²) in [5, 5.41) is 19.7. The molecule has 180 valence electrons. The van der Waals surface area contributed by atoms with Crippen LogP contribution < -0.4 is 15.5 Å². The number of nitrogens with zero attached hydrogens (tertiary/aromatic N) is 3. The molecule has 1 amide bonds. The van der Waals surface area contributed by atoms with E-state index in [4.69, 9.17) is 14.9 Å². The molecule has 4 rings (SSSR count). The first-order valence-corrected chi connectivity index (χ1v) is 11.8. The van der Waals surface area contributed by atoms with Gasteiger partial charge in [-0.1, -0.05) is 23.9 Å². The third-order valence-corrected chi connectivity index (χ3v) is 6.08. The highest BCUT2D eigenvalue weighted by Crippen LogP contribution is 2.24. The number of benzene rings is 2. The minimum Gasteiger partial charge on any atom is -0.497 e. The second-order valence-corrected chi connectivity index (χ2v) is 8.37. The molecule has 0 aliphatic rings. The quantitative estimate of drug-likeness (QED) is 0.195. The Morgan fingerprint density at radius 2 is 1.91 bits per heavy atom. The van der Waals surface area contributed by atoms with Crippen molar-refractivity contribution in [2.24, 2.45) is 0 Å². The normalized spacial score (nSPS) is 10.8. The second-order valence-electron chi connectivity index (χ2n) is 7.43. The zero-order valence-electron chi connectivity index (χ0n) is 19.4. The molecule has 0 bridgehead atoms. The van der Waals surface area contributed by atoms with E-state index < -0.39 is 5.97 Å². The number of aromatic amines is 1. The van der Waals surface area contributed by atoms with E-state index in [0.29, 0.717) is 33.3 Å². The van der Waals surface area contributed by atoms with E-state index in [2.05, 4.69) is 20.5 Å². The van der Waals surface area contributed by atoms with Gasteiger partial charge in [0.05, 0.1) is 36.1 Å². The smallest absolute Gasteiger partial charge is 0.340 e. The number of carbonyl (C=O) groups is 2. The largest absolute Gasteiger partial charge is 0.497 e. The van der Waals surface area contributed by atoms with Gasteiger partial charge >= 0.3 is 5.97 Å². The van der Waals surface area contributed by atoms with Crippen LogP contribution in [0, 0.1) is 12.3 Å². The summed E-state index contributed by atoms with van der Waals surface area (Å²) >= 11 is 1.16. The monoisotopic (exact) mass is 492 g/mol. The van der Waals surface area contributed by atoms with Crippen LogP contribution in [0.4, 0.5) is 5.69 Å². The van der Waals surface area contributed by atoms with Crippen LogP contribution in [0.2, 0.25) is 0 Å². The van der Waals surface area contributed by atoms with Crippen molar-refractivity contribution in [2.75, 3.05) is 24.8 Å². The van der Waals surface area contributed by atoms with Gasteiger partial charge in [0, 0.05) is 11.4 Å². The lowest BCUT2D eigenvalue weighted by atomic mass is 10.2. The summed E-state index contributed by atoms with van der Waals surface area (Å²) in [5.74, 6) is -0.162. The molecule has 0 aliphatic heterocycles. The number of aromatic nitrogens is 4. The molecule has 2 heterocycles. The molecule has 10 nitrogen and oxygen atoms in total. The third-order valence-electron chi connectivity index (χ3n) is 5.14. The zero-order chi connectivity index (χ0) is 24.9. The SMILES string of the molecule is CCOC(=O)c1ccccc1NC(=O)CSc1nc2n[nH]c(C)c2c(=N)n1-c1ccc(OC)cc1. The average molecular weight is 493 g/mol. The number of nitrogens with one attached hydrogen (secondary N) is 3. The Bertz CT molecular complexity index is 1440. The van der Waals surface area contributed by atoms with E-state index in [1.54, 1.807) is 55.0 Å². The molecular weight excluding hydrogens is 468 g/mol. The van der Waals surface area contributed by atoms with Crippen LogP contribution in [0.25, 0.3) is 16.7 Å². The topological polar surface area (TPSA) is 135 Å². The molecule has 0 fully saturated rings. The minimum atomic E-state index is -0.506. The van der Waals surface area contributed by atoms with Crippen LogP contribution in [0.15, 0.2) is 53.7 Å². The van der Waals surface area contributed by atoms with E-state index >= 15 is 0 Å². The molecular formula is C24H24N6O4S. The van der Waals surface area contributed by atoms with Crippen molar-refractivity contribution < 1.29 is 19.1 Å². The van der Waals surface area contributed by atoms with Gasteiger partial charge in [0.1, 0.15) is 11.2 Å². The number of esters is 1. The Morgan fingerprint density at radius 3 is 2.63 bits per heavy atom. The number of ether oxygens (including phenoxy) is 2. The predicted molar refractivity (Wildman–Crippen MR) is 132 cm³/mol. The molecule has 3 N–H and O–H groups in total. The number of hydrogen-bond donors (Lipinski definition) is 3. The molecule has 0 aliphatic carbocycles. The molecule has 0 spiro atoms. The number of H-pyrrole nitrogens is 1. The fraction of sp³-hybridized carbons (Fsp3) is 0.208. The maximum atomic E-state index is 12.8. The van der Waals surface area contributed by atoms with Crippen molar-refractivity contribution in [2.45, 2.75) is 19.0 Å². The van der Waals surface area contributed by atoms with Crippen LogP contribution in [0.1, 0.15) is 23.0 Å². The number of carbonyl (C=O) groups excluding carboxylic acids is 2. The van der Waals surface area contributed by atoms with Gasteiger partial charge in [0.25, 0.3) is 0 Å². The molecule has 2 aromatic carbocycles. The Hall–Kier alpha value is -4.12. The highest BCUT2D eigenvalue weighted by atomic mass is 32.2. The summed E-state index contributed by atoms with van der Waals surface area (Å²) in [6.07, 6.45) is 0. The number of amides is 1. The lowest BCUT2D eigenvalue weighted by Gasteiger charge is -2.14. The number of para-hydroxylation sites is 1. The predicted octanol–water partition coefficient (Wildman–Crippen LogP) is 3.45. The molecule has 0 unspecified atom stereocenters. The van der Waals surface area contributed by atoms with E-state index in [-0.39, 0.29) is 29.3 Å². The van der Waals surface area contributed by atoms with E-state index in [0.717, 1.165) is 17.5 Å². The molecule has 0 saturated heterocycles. The molecule has 35 heavy (non-hydrogen) atoms. The summed E-state index contributed by atoms with van der Waals surface area (Å²) in [4.78, 5) is 29.6. The molecule has 4 aromatic rings. The van der Waals surface area contributed by atoms with E-state index in [1.165, 1.54) is 0 Å². The van der Waals surface area contributed by atoms with Gasteiger partial charge < -0.3 is 14.8 Å². The first-order valence-electron chi connectivity index (χ1n) is 10.8. The van der Waals surface area contributed by atoms with Crippen molar-refractivity contribution in [3.63, 3.8) is 0 Å². The van der Waals surface area contributed by atoms with Gasteiger partial charge in [-0.05, 0) is 50.2 Å². The maximum absolute atomic E-state index is 12.8. The average Bonchev–Trinajstić information content (AvgIpc) is 3.24. The third kappa shape index (κ3) is 5.04. The number of aryl methyl sites for hydroxylation is 1. The van der Waals surface area contributed by atoms with Gasteiger partial charge in [0.15, 0.2) is 10.8 Å². The van der Waals surface area contributed by atoms with Crippen molar-refractivity contribution in [1.82, 2.24) is 19.7 Å². The summed E-state index contributed by atoms with van der Waals surface area (Å²) in [6, 6.07) is 13.9. The van der Waals surface area contributed by atoms with Gasteiger partial charge in [-0.3, -0.25) is 19.9 Å². The Balaban J connectivity index is 1.63. The van der Waals surface area contributed by atoms with Crippen LogP contribution in [-0.2, 0) is 9.53 Å². The van der Waals surface area contributed by atoms with Gasteiger partial charge in [-0.15, -0.1) is 0 Å².